The Morgan fingerprint density at radius 3 is 2.75 bits per heavy atom. The summed E-state index contributed by atoms with van der Waals surface area (Å²) in [5, 5.41) is 0. The predicted molar refractivity (Wildman–Crippen MR) is 92.7 cm³/mol. The molecule has 1 saturated heterocycles. The van der Waals surface area contributed by atoms with Crippen molar-refractivity contribution in [2.24, 2.45) is 0 Å². The van der Waals surface area contributed by atoms with Crippen molar-refractivity contribution in [3.05, 3.63) is 29.3 Å². The van der Waals surface area contributed by atoms with Crippen molar-refractivity contribution in [3.8, 4) is 5.75 Å². The Labute approximate surface area is 143 Å². The van der Waals surface area contributed by atoms with Gasteiger partial charge in [0.15, 0.2) is 11.6 Å². The number of fused-ring (bicyclic) bond motifs is 1. The highest BCUT2D eigenvalue weighted by atomic mass is 16.5. The quantitative estimate of drug-likeness (QED) is 0.771. The highest BCUT2D eigenvalue weighted by Crippen LogP contribution is 2.25. The zero-order chi connectivity index (χ0) is 17.1. The van der Waals surface area contributed by atoms with Crippen LogP contribution in [0.5, 0.6) is 5.75 Å². The standard InChI is InChI=1S/C19H26N2O3/c1-20(2)16-5-8-21(9-6-16)10-7-18(23)14-3-4-19-15(11-14)12-17(22)13-24-19/h3-4,11,16H,5-10,12-13H2,1-2H3. The SMILES string of the molecule is CN(C)C1CCN(CCC(=O)c2ccc3c(c2)CC(=O)CO3)CC1. The number of rotatable bonds is 5. The number of benzene rings is 1. The van der Waals surface area contributed by atoms with Gasteiger partial charge < -0.3 is 14.5 Å². The molecule has 2 aliphatic heterocycles. The lowest BCUT2D eigenvalue weighted by atomic mass is 9.99. The molecule has 0 aromatic heterocycles. The number of likely N-dealkylation sites (tertiary alicyclic amines) is 1. The molecule has 3 rings (SSSR count). The van der Waals surface area contributed by atoms with Crippen molar-refractivity contribution in [2.45, 2.75) is 31.7 Å². The second-order valence-corrected chi connectivity index (χ2v) is 7.04. The van der Waals surface area contributed by atoms with E-state index in [1.54, 1.807) is 0 Å². The van der Waals surface area contributed by atoms with E-state index in [-0.39, 0.29) is 18.2 Å². The monoisotopic (exact) mass is 330 g/mol. The number of ketones is 2. The minimum absolute atomic E-state index is 0.0656. The summed E-state index contributed by atoms with van der Waals surface area (Å²) in [7, 11) is 4.27. The summed E-state index contributed by atoms with van der Waals surface area (Å²) in [6.07, 6.45) is 3.23. The molecule has 0 spiro atoms. The molecule has 0 aliphatic carbocycles. The normalized spacial score (nSPS) is 19.2. The van der Waals surface area contributed by atoms with Gasteiger partial charge in [-0.05, 0) is 58.2 Å². The van der Waals surface area contributed by atoms with Crippen LogP contribution in [0.25, 0.3) is 0 Å². The van der Waals surface area contributed by atoms with E-state index in [1.807, 2.05) is 18.2 Å². The topological polar surface area (TPSA) is 49.9 Å². The van der Waals surface area contributed by atoms with Crippen molar-refractivity contribution >= 4 is 11.6 Å². The first-order valence-corrected chi connectivity index (χ1v) is 8.72. The average Bonchev–Trinajstić information content (AvgIpc) is 2.59. The van der Waals surface area contributed by atoms with Gasteiger partial charge in [-0.2, -0.15) is 0 Å². The number of nitrogens with zero attached hydrogens (tertiary/aromatic N) is 2. The Kier molecular flexibility index (Phi) is 5.31. The fraction of sp³-hybridized carbons (Fsp3) is 0.579. The number of carbonyl (C=O) groups excluding carboxylic acids is 2. The van der Waals surface area contributed by atoms with Gasteiger partial charge in [0.1, 0.15) is 12.4 Å². The summed E-state index contributed by atoms with van der Waals surface area (Å²) in [6, 6.07) is 6.12. The molecule has 0 N–H and O–H groups in total. The van der Waals surface area contributed by atoms with Crippen LogP contribution in [-0.4, -0.2) is 67.7 Å². The maximum atomic E-state index is 12.5. The molecule has 2 aliphatic rings. The van der Waals surface area contributed by atoms with Crippen molar-refractivity contribution < 1.29 is 14.3 Å². The van der Waals surface area contributed by atoms with Gasteiger partial charge in [0.05, 0.1) is 0 Å². The minimum atomic E-state index is 0.0656. The van der Waals surface area contributed by atoms with Crippen LogP contribution in [0.1, 0.15) is 35.2 Å². The summed E-state index contributed by atoms with van der Waals surface area (Å²) < 4.78 is 5.38. The van der Waals surface area contributed by atoms with E-state index in [2.05, 4.69) is 23.9 Å². The lowest BCUT2D eigenvalue weighted by Gasteiger charge is -2.35. The maximum absolute atomic E-state index is 12.5. The van der Waals surface area contributed by atoms with Crippen LogP contribution >= 0.6 is 0 Å². The fourth-order valence-electron chi connectivity index (χ4n) is 3.52. The third-order valence-electron chi connectivity index (χ3n) is 5.10. The minimum Gasteiger partial charge on any atom is -0.486 e. The van der Waals surface area contributed by atoms with Crippen molar-refractivity contribution in [1.82, 2.24) is 9.80 Å². The summed E-state index contributed by atoms with van der Waals surface area (Å²) in [6.45, 7) is 3.07. The first-order valence-electron chi connectivity index (χ1n) is 8.72. The number of carbonyl (C=O) groups is 2. The second kappa shape index (κ2) is 7.45. The zero-order valence-corrected chi connectivity index (χ0v) is 14.6. The molecule has 24 heavy (non-hydrogen) atoms. The number of ether oxygens (including phenoxy) is 1. The number of hydrogen-bond acceptors (Lipinski definition) is 5. The summed E-state index contributed by atoms with van der Waals surface area (Å²) in [4.78, 5) is 28.6. The maximum Gasteiger partial charge on any atom is 0.174 e. The Hall–Kier alpha value is -1.72. The van der Waals surface area contributed by atoms with Gasteiger partial charge in [-0.1, -0.05) is 0 Å². The fourth-order valence-corrected chi connectivity index (χ4v) is 3.52. The Bertz CT molecular complexity index is 619. The second-order valence-electron chi connectivity index (χ2n) is 7.04. The van der Waals surface area contributed by atoms with Crippen LogP contribution < -0.4 is 4.74 Å². The number of Topliss-reactive ketones (excluding diaryl/α,β-unsaturated/α-hetero) is 2. The molecule has 0 radical (unpaired) electrons. The van der Waals surface area contributed by atoms with E-state index in [9.17, 15) is 9.59 Å². The van der Waals surface area contributed by atoms with Crippen LogP contribution in [-0.2, 0) is 11.2 Å². The van der Waals surface area contributed by atoms with E-state index in [0.29, 0.717) is 24.4 Å². The lowest BCUT2D eigenvalue weighted by Crippen LogP contribution is -2.42. The van der Waals surface area contributed by atoms with Crippen LogP contribution in [0.15, 0.2) is 18.2 Å². The third kappa shape index (κ3) is 4.02. The highest BCUT2D eigenvalue weighted by molar-refractivity contribution is 5.97. The molecule has 0 atom stereocenters. The molecule has 0 unspecified atom stereocenters. The van der Waals surface area contributed by atoms with Gasteiger partial charge >= 0.3 is 0 Å². The molecule has 2 heterocycles. The molecular weight excluding hydrogens is 304 g/mol. The molecule has 0 saturated carbocycles. The molecule has 1 aromatic rings. The van der Waals surface area contributed by atoms with Gasteiger partial charge in [-0.3, -0.25) is 9.59 Å². The Balaban J connectivity index is 1.53. The molecule has 5 heteroatoms. The first-order chi connectivity index (χ1) is 11.5. The Morgan fingerprint density at radius 2 is 2.04 bits per heavy atom. The van der Waals surface area contributed by atoms with Gasteiger partial charge in [0.2, 0.25) is 0 Å². The van der Waals surface area contributed by atoms with Crippen molar-refractivity contribution in [1.29, 1.82) is 0 Å². The van der Waals surface area contributed by atoms with Crippen LogP contribution in [0.2, 0.25) is 0 Å². The third-order valence-corrected chi connectivity index (χ3v) is 5.10. The van der Waals surface area contributed by atoms with E-state index in [1.165, 1.54) is 12.8 Å². The Morgan fingerprint density at radius 1 is 1.29 bits per heavy atom. The van der Waals surface area contributed by atoms with Gasteiger partial charge in [-0.15, -0.1) is 0 Å². The van der Waals surface area contributed by atoms with Crippen LogP contribution in [0, 0.1) is 0 Å². The summed E-state index contributed by atoms with van der Waals surface area (Å²) in [5.41, 5.74) is 1.53. The largest absolute Gasteiger partial charge is 0.486 e. The molecule has 1 fully saturated rings. The van der Waals surface area contributed by atoms with Crippen LogP contribution in [0.3, 0.4) is 0 Å². The molecule has 5 nitrogen and oxygen atoms in total. The molecular formula is C19H26N2O3. The lowest BCUT2D eigenvalue weighted by molar-refractivity contribution is -0.121. The van der Waals surface area contributed by atoms with Crippen molar-refractivity contribution in [2.75, 3.05) is 40.3 Å². The smallest absolute Gasteiger partial charge is 0.174 e. The van der Waals surface area contributed by atoms with E-state index in [4.69, 9.17) is 4.74 Å². The van der Waals surface area contributed by atoms with E-state index in [0.717, 1.165) is 30.9 Å². The highest BCUT2D eigenvalue weighted by Gasteiger charge is 2.22. The first kappa shape index (κ1) is 17.1. The average molecular weight is 330 g/mol. The van der Waals surface area contributed by atoms with Crippen LogP contribution in [0.4, 0.5) is 0 Å². The van der Waals surface area contributed by atoms with Gasteiger partial charge in [-0.25, -0.2) is 0 Å². The number of piperidine rings is 1. The molecule has 1 aromatic carbocycles. The molecule has 0 bridgehead atoms. The van der Waals surface area contributed by atoms with Gasteiger partial charge in [0, 0.05) is 36.6 Å². The van der Waals surface area contributed by atoms with Crippen molar-refractivity contribution in [3.63, 3.8) is 0 Å². The van der Waals surface area contributed by atoms with Gasteiger partial charge in [0.25, 0.3) is 0 Å². The zero-order valence-electron chi connectivity index (χ0n) is 14.6. The molecule has 130 valence electrons. The summed E-state index contributed by atoms with van der Waals surface area (Å²) in [5.74, 6) is 0.943. The number of hydrogen-bond donors (Lipinski definition) is 0. The summed E-state index contributed by atoms with van der Waals surface area (Å²) >= 11 is 0. The van der Waals surface area contributed by atoms with E-state index >= 15 is 0 Å². The van der Waals surface area contributed by atoms with E-state index < -0.39 is 0 Å². The molecule has 0 amide bonds. The predicted octanol–water partition coefficient (Wildman–Crippen LogP) is 1.79.